The first-order valence-corrected chi connectivity index (χ1v) is 7.16. The zero-order valence-electron chi connectivity index (χ0n) is 9.58. The monoisotopic (exact) mass is 237 g/mol. The van der Waals surface area contributed by atoms with Crippen LogP contribution in [0.15, 0.2) is 12.1 Å². The van der Waals surface area contributed by atoms with Gasteiger partial charge >= 0.3 is 0 Å². The van der Waals surface area contributed by atoms with Gasteiger partial charge < -0.3 is 10.1 Å². The molecule has 2 aliphatic heterocycles. The summed E-state index contributed by atoms with van der Waals surface area (Å²) in [5.74, 6) is 0.758. The molecule has 1 N–H and O–H groups in total. The normalized spacial score (nSPS) is 27.4. The number of rotatable bonds is 2. The molecule has 3 rings (SSSR count). The third-order valence-electron chi connectivity index (χ3n) is 3.67. The van der Waals surface area contributed by atoms with Crippen LogP contribution in [0.2, 0.25) is 0 Å². The molecular formula is C13H19NOS. The molecule has 88 valence electrons. The predicted molar refractivity (Wildman–Crippen MR) is 67.1 cm³/mol. The van der Waals surface area contributed by atoms with Crippen molar-refractivity contribution in [1.82, 2.24) is 5.32 Å². The maximum Gasteiger partial charge on any atom is 0.0472 e. The second-order valence-corrected chi connectivity index (χ2v) is 5.92. The van der Waals surface area contributed by atoms with Crippen molar-refractivity contribution in [1.29, 1.82) is 0 Å². The van der Waals surface area contributed by atoms with Gasteiger partial charge in [0.05, 0.1) is 0 Å². The van der Waals surface area contributed by atoms with Crippen LogP contribution in [0.1, 0.15) is 47.4 Å². The molecule has 0 bridgehead atoms. The molecule has 0 radical (unpaired) electrons. The van der Waals surface area contributed by atoms with E-state index in [9.17, 15) is 0 Å². The van der Waals surface area contributed by atoms with Crippen LogP contribution in [-0.4, -0.2) is 19.8 Å². The van der Waals surface area contributed by atoms with Gasteiger partial charge in [-0.3, -0.25) is 0 Å². The van der Waals surface area contributed by atoms with E-state index in [-0.39, 0.29) is 0 Å². The second kappa shape index (κ2) is 4.86. The summed E-state index contributed by atoms with van der Waals surface area (Å²) in [5, 5.41) is 3.57. The molecule has 2 nitrogen and oxygen atoms in total. The fourth-order valence-electron chi connectivity index (χ4n) is 2.68. The summed E-state index contributed by atoms with van der Waals surface area (Å²) in [5.41, 5.74) is 0. The predicted octanol–water partition coefficient (Wildman–Crippen LogP) is 3.07. The Balaban J connectivity index is 1.71. The van der Waals surface area contributed by atoms with E-state index in [1.165, 1.54) is 32.2 Å². The Kier molecular flexibility index (Phi) is 3.27. The SMILES string of the molecule is c1cc(C2CCCN2)sc1C1CCOCC1. The summed E-state index contributed by atoms with van der Waals surface area (Å²) in [6.07, 6.45) is 5.05. The average molecular weight is 237 g/mol. The Morgan fingerprint density at radius 2 is 1.94 bits per heavy atom. The van der Waals surface area contributed by atoms with Crippen LogP contribution < -0.4 is 5.32 Å². The van der Waals surface area contributed by atoms with E-state index in [1.807, 2.05) is 11.3 Å². The molecule has 0 spiro atoms. The number of nitrogens with one attached hydrogen (secondary N) is 1. The zero-order valence-corrected chi connectivity index (χ0v) is 10.4. The van der Waals surface area contributed by atoms with Crippen molar-refractivity contribution in [3.8, 4) is 0 Å². The zero-order chi connectivity index (χ0) is 10.8. The fourth-order valence-corrected chi connectivity index (χ4v) is 3.97. The molecule has 1 aromatic rings. The largest absolute Gasteiger partial charge is 0.381 e. The van der Waals surface area contributed by atoms with E-state index in [0.717, 1.165) is 19.1 Å². The number of thiophene rings is 1. The lowest BCUT2D eigenvalue weighted by Crippen LogP contribution is -2.13. The molecule has 2 saturated heterocycles. The van der Waals surface area contributed by atoms with E-state index < -0.39 is 0 Å². The minimum absolute atomic E-state index is 0.638. The molecule has 1 atom stereocenters. The third kappa shape index (κ3) is 2.17. The van der Waals surface area contributed by atoms with Gasteiger partial charge in [0, 0.05) is 29.0 Å². The minimum atomic E-state index is 0.638. The molecule has 3 heterocycles. The van der Waals surface area contributed by atoms with Gasteiger partial charge in [0.25, 0.3) is 0 Å². The second-order valence-electron chi connectivity index (χ2n) is 4.78. The maximum absolute atomic E-state index is 5.42. The van der Waals surface area contributed by atoms with Crippen molar-refractivity contribution >= 4 is 11.3 Å². The van der Waals surface area contributed by atoms with E-state index in [4.69, 9.17) is 4.74 Å². The van der Waals surface area contributed by atoms with Crippen LogP contribution in [0.3, 0.4) is 0 Å². The number of ether oxygens (including phenoxy) is 1. The van der Waals surface area contributed by atoms with Gasteiger partial charge in [0.2, 0.25) is 0 Å². The molecule has 0 aromatic carbocycles. The molecule has 3 heteroatoms. The molecule has 2 aliphatic rings. The lowest BCUT2D eigenvalue weighted by Gasteiger charge is -2.20. The van der Waals surface area contributed by atoms with Crippen LogP contribution in [-0.2, 0) is 4.74 Å². The van der Waals surface area contributed by atoms with Gasteiger partial charge in [-0.05, 0) is 50.3 Å². The Labute approximate surface area is 101 Å². The molecule has 0 saturated carbocycles. The maximum atomic E-state index is 5.42. The van der Waals surface area contributed by atoms with Gasteiger partial charge in [0.1, 0.15) is 0 Å². The first kappa shape index (κ1) is 10.8. The highest BCUT2D eigenvalue weighted by Crippen LogP contribution is 2.36. The van der Waals surface area contributed by atoms with Crippen molar-refractivity contribution in [3.63, 3.8) is 0 Å². The highest BCUT2D eigenvalue weighted by Gasteiger charge is 2.21. The smallest absolute Gasteiger partial charge is 0.0472 e. The fraction of sp³-hybridized carbons (Fsp3) is 0.692. The summed E-state index contributed by atoms with van der Waals surface area (Å²) in [4.78, 5) is 3.12. The van der Waals surface area contributed by atoms with E-state index in [1.54, 1.807) is 9.75 Å². The van der Waals surface area contributed by atoms with E-state index in [0.29, 0.717) is 6.04 Å². The molecule has 0 aliphatic carbocycles. The average Bonchev–Trinajstić information content (AvgIpc) is 3.01. The van der Waals surface area contributed by atoms with Crippen molar-refractivity contribution in [3.05, 3.63) is 21.9 Å². The topological polar surface area (TPSA) is 21.3 Å². The lowest BCUT2D eigenvalue weighted by atomic mass is 9.99. The summed E-state index contributed by atoms with van der Waals surface area (Å²) in [6.45, 7) is 3.08. The van der Waals surface area contributed by atoms with Gasteiger partial charge in [-0.1, -0.05) is 0 Å². The Bertz CT molecular complexity index is 337. The number of hydrogen-bond acceptors (Lipinski definition) is 3. The Morgan fingerprint density at radius 3 is 2.69 bits per heavy atom. The minimum Gasteiger partial charge on any atom is -0.381 e. The summed E-state index contributed by atoms with van der Waals surface area (Å²) in [7, 11) is 0. The molecule has 2 fully saturated rings. The van der Waals surface area contributed by atoms with Gasteiger partial charge in [0.15, 0.2) is 0 Å². The van der Waals surface area contributed by atoms with Crippen molar-refractivity contribution in [2.24, 2.45) is 0 Å². The van der Waals surface area contributed by atoms with E-state index in [2.05, 4.69) is 17.4 Å². The van der Waals surface area contributed by atoms with Gasteiger partial charge in [-0.2, -0.15) is 0 Å². The summed E-state index contributed by atoms with van der Waals surface area (Å²) in [6, 6.07) is 5.31. The first-order chi connectivity index (χ1) is 7.93. The summed E-state index contributed by atoms with van der Waals surface area (Å²) >= 11 is 2.02. The standard InChI is InChI=1S/C13H19NOS/c1-2-11(14-7-1)13-4-3-12(16-13)10-5-8-15-9-6-10/h3-4,10-11,14H,1-2,5-9H2. The van der Waals surface area contributed by atoms with Crippen LogP contribution in [0.25, 0.3) is 0 Å². The highest BCUT2D eigenvalue weighted by atomic mass is 32.1. The van der Waals surface area contributed by atoms with Gasteiger partial charge in [-0.15, -0.1) is 11.3 Å². The van der Waals surface area contributed by atoms with Crippen LogP contribution >= 0.6 is 11.3 Å². The lowest BCUT2D eigenvalue weighted by molar-refractivity contribution is 0.0860. The highest BCUT2D eigenvalue weighted by molar-refractivity contribution is 7.12. The quantitative estimate of drug-likeness (QED) is 0.853. The van der Waals surface area contributed by atoms with Crippen molar-refractivity contribution in [2.75, 3.05) is 19.8 Å². The van der Waals surface area contributed by atoms with Crippen molar-refractivity contribution < 1.29 is 4.74 Å². The van der Waals surface area contributed by atoms with Crippen LogP contribution in [0.5, 0.6) is 0 Å². The van der Waals surface area contributed by atoms with Crippen LogP contribution in [0, 0.1) is 0 Å². The first-order valence-electron chi connectivity index (χ1n) is 6.34. The third-order valence-corrected chi connectivity index (χ3v) is 5.04. The van der Waals surface area contributed by atoms with Gasteiger partial charge in [-0.25, -0.2) is 0 Å². The Hall–Kier alpha value is -0.380. The molecule has 16 heavy (non-hydrogen) atoms. The summed E-state index contributed by atoms with van der Waals surface area (Å²) < 4.78 is 5.42. The molecule has 1 aromatic heterocycles. The van der Waals surface area contributed by atoms with Crippen molar-refractivity contribution in [2.45, 2.75) is 37.6 Å². The van der Waals surface area contributed by atoms with E-state index >= 15 is 0 Å². The molecular weight excluding hydrogens is 218 g/mol. The Morgan fingerprint density at radius 1 is 1.12 bits per heavy atom. The van der Waals surface area contributed by atoms with Crippen LogP contribution in [0.4, 0.5) is 0 Å². The molecule has 0 amide bonds. The molecule has 1 unspecified atom stereocenters. The number of hydrogen-bond donors (Lipinski definition) is 1.